The third-order valence-electron chi connectivity index (χ3n) is 12.4. The van der Waals surface area contributed by atoms with Crippen LogP contribution in [0.3, 0.4) is 0 Å². The summed E-state index contributed by atoms with van der Waals surface area (Å²) in [6.07, 6.45) is 11.7. The van der Waals surface area contributed by atoms with E-state index in [1.165, 1.54) is 32.1 Å². The molecule has 0 heterocycles. The molecule has 198 valence electrons. The van der Waals surface area contributed by atoms with Gasteiger partial charge in [-0.2, -0.15) is 0 Å². The zero-order valence-electron chi connectivity index (χ0n) is 23.5. The van der Waals surface area contributed by atoms with E-state index in [0.29, 0.717) is 17.8 Å². The van der Waals surface area contributed by atoms with Crippen molar-refractivity contribution in [3.63, 3.8) is 0 Å². The lowest BCUT2D eigenvalue weighted by Crippen LogP contribution is -2.63. The normalized spacial score (nSPS) is 46.2. The van der Waals surface area contributed by atoms with Crippen molar-refractivity contribution >= 4 is 11.9 Å². The monoisotopic (exact) mass is 486 g/mol. The predicted octanol–water partition coefficient (Wildman–Crippen LogP) is 7.34. The Morgan fingerprint density at radius 2 is 1.54 bits per heavy atom. The van der Waals surface area contributed by atoms with Crippen LogP contribution in [0.1, 0.15) is 119 Å². The van der Waals surface area contributed by atoms with Crippen molar-refractivity contribution in [2.75, 3.05) is 0 Å². The van der Waals surface area contributed by atoms with Gasteiger partial charge in [-0.05, 0) is 119 Å². The summed E-state index contributed by atoms with van der Waals surface area (Å²) in [7, 11) is 0. The van der Waals surface area contributed by atoms with Crippen molar-refractivity contribution in [3.05, 3.63) is 0 Å². The van der Waals surface area contributed by atoms with Crippen LogP contribution in [0.5, 0.6) is 0 Å². The van der Waals surface area contributed by atoms with Crippen LogP contribution < -0.4 is 0 Å². The summed E-state index contributed by atoms with van der Waals surface area (Å²) in [5.74, 6) is 3.09. The van der Waals surface area contributed by atoms with Gasteiger partial charge in [-0.15, -0.1) is 0 Å². The Labute approximate surface area is 213 Å². The molecule has 0 aromatic carbocycles. The Balaban J connectivity index is 1.39. The van der Waals surface area contributed by atoms with Gasteiger partial charge in [0.1, 0.15) is 11.7 Å². The highest BCUT2D eigenvalue weighted by Crippen LogP contribution is 2.65. The summed E-state index contributed by atoms with van der Waals surface area (Å²) in [6.45, 7) is 15.0. The molecule has 0 aromatic heterocycles. The molecule has 0 aliphatic heterocycles. The minimum absolute atomic E-state index is 0.0672. The molecule has 7 aliphatic rings. The van der Waals surface area contributed by atoms with Gasteiger partial charge in [-0.3, -0.25) is 9.59 Å². The lowest BCUT2D eigenvalue weighted by Gasteiger charge is -2.63. The number of carbonyl (C=O) groups excluding carboxylic acids is 2. The third kappa shape index (κ3) is 3.81. The summed E-state index contributed by atoms with van der Waals surface area (Å²) in [5, 5.41) is 0. The second-order valence-electron chi connectivity index (χ2n) is 14.7. The van der Waals surface area contributed by atoms with Crippen molar-refractivity contribution in [1.82, 2.24) is 0 Å². The fourth-order valence-electron chi connectivity index (χ4n) is 9.51. The largest absolute Gasteiger partial charge is 0.461 e. The van der Waals surface area contributed by atoms with Crippen LogP contribution in [0.4, 0.5) is 0 Å². The Bertz CT molecular complexity index is 830. The standard InChI is InChI=1S/C31H50O4/c1-8-28(5,6)27(33)34-25-18-30(19(3)4)11-10-29(25,7)17-24(30)26(32)35-31(9-2)22-13-20-12-21(15-22)16-23(31)14-20/h19-25H,8-18H2,1-7H3. The summed E-state index contributed by atoms with van der Waals surface area (Å²) in [6, 6.07) is 0. The van der Waals surface area contributed by atoms with Crippen LogP contribution in [-0.2, 0) is 19.1 Å². The van der Waals surface area contributed by atoms with Crippen LogP contribution in [-0.4, -0.2) is 23.6 Å². The van der Waals surface area contributed by atoms with E-state index in [-0.39, 0.29) is 40.4 Å². The number of ether oxygens (including phenoxy) is 2. The average molecular weight is 487 g/mol. The van der Waals surface area contributed by atoms with Crippen molar-refractivity contribution in [1.29, 1.82) is 0 Å². The molecule has 4 unspecified atom stereocenters. The quantitative estimate of drug-likeness (QED) is 0.353. The van der Waals surface area contributed by atoms with Crippen LogP contribution in [0.15, 0.2) is 0 Å². The highest BCUT2D eigenvalue weighted by molar-refractivity contribution is 5.77. The lowest BCUT2D eigenvalue weighted by atomic mass is 9.45. The van der Waals surface area contributed by atoms with Gasteiger partial charge in [0.15, 0.2) is 0 Å². The minimum atomic E-state index is -0.469. The van der Waals surface area contributed by atoms with E-state index in [4.69, 9.17) is 9.47 Å². The van der Waals surface area contributed by atoms with E-state index >= 15 is 0 Å². The molecule has 0 radical (unpaired) electrons. The molecule has 7 aliphatic carbocycles. The Kier molecular flexibility index (Phi) is 6.20. The highest BCUT2D eigenvalue weighted by Gasteiger charge is 2.64. The first kappa shape index (κ1) is 25.6. The number of hydrogen-bond acceptors (Lipinski definition) is 4. The third-order valence-corrected chi connectivity index (χ3v) is 12.4. The van der Waals surface area contributed by atoms with Crippen molar-refractivity contribution < 1.29 is 19.1 Å². The van der Waals surface area contributed by atoms with E-state index in [9.17, 15) is 9.59 Å². The molecule has 7 rings (SSSR count). The SMILES string of the molecule is CCC(C)(C)C(=O)OC1CC2(C(C)C)CCC1(C)CC2C(=O)OC1(CC)C2CC3CC(C2)CC1C3. The van der Waals surface area contributed by atoms with Crippen molar-refractivity contribution in [3.8, 4) is 0 Å². The van der Waals surface area contributed by atoms with Crippen LogP contribution in [0.2, 0.25) is 0 Å². The molecule has 4 nitrogen and oxygen atoms in total. The molecule has 0 amide bonds. The fraction of sp³-hybridized carbons (Fsp3) is 0.935. The maximum atomic E-state index is 14.2. The van der Waals surface area contributed by atoms with Gasteiger partial charge >= 0.3 is 11.9 Å². The van der Waals surface area contributed by atoms with E-state index in [1.807, 2.05) is 20.8 Å². The molecule has 7 saturated carbocycles. The molecular formula is C31H50O4. The molecule has 6 bridgehead atoms. The summed E-state index contributed by atoms with van der Waals surface area (Å²) < 4.78 is 13.1. The van der Waals surface area contributed by atoms with Gasteiger partial charge in [0.25, 0.3) is 0 Å². The van der Waals surface area contributed by atoms with Crippen LogP contribution in [0.25, 0.3) is 0 Å². The van der Waals surface area contributed by atoms with E-state index < -0.39 is 5.41 Å². The number of hydrogen-bond donors (Lipinski definition) is 0. The van der Waals surface area contributed by atoms with E-state index in [1.54, 1.807) is 0 Å². The topological polar surface area (TPSA) is 52.6 Å². The molecule has 0 aromatic rings. The summed E-state index contributed by atoms with van der Waals surface area (Å²) in [4.78, 5) is 27.2. The van der Waals surface area contributed by atoms with Gasteiger partial charge in [0, 0.05) is 5.41 Å². The maximum absolute atomic E-state index is 14.2. The minimum Gasteiger partial charge on any atom is -0.461 e. The fourth-order valence-corrected chi connectivity index (χ4v) is 9.51. The van der Waals surface area contributed by atoms with Gasteiger partial charge < -0.3 is 9.47 Å². The first-order valence-electron chi connectivity index (χ1n) is 14.8. The first-order chi connectivity index (χ1) is 16.4. The number of fused-ring (bicyclic) bond motifs is 3. The second kappa shape index (κ2) is 8.48. The Morgan fingerprint density at radius 1 is 0.943 bits per heavy atom. The number of esters is 2. The zero-order chi connectivity index (χ0) is 25.4. The molecule has 0 N–H and O–H groups in total. The highest BCUT2D eigenvalue weighted by atomic mass is 16.6. The summed E-state index contributed by atoms with van der Waals surface area (Å²) >= 11 is 0. The van der Waals surface area contributed by atoms with E-state index in [2.05, 4.69) is 27.7 Å². The van der Waals surface area contributed by atoms with Gasteiger partial charge in [-0.1, -0.05) is 34.6 Å². The van der Waals surface area contributed by atoms with Crippen molar-refractivity contribution in [2.24, 2.45) is 51.8 Å². The number of rotatable bonds is 7. The van der Waals surface area contributed by atoms with Gasteiger partial charge in [0.05, 0.1) is 11.3 Å². The molecule has 35 heavy (non-hydrogen) atoms. The first-order valence-corrected chi connectivity index (χ1v) is 14.8. The molecule has 4 atom stereocenters. The Morgan fingerprint density at radius 3 is 2.06 bits per heavy atom. The van der Waals surface area contributed by atoms with Crippen molar-refractivity contribution in [2.45, 2.75) is 131 Å². The van der Waals surface area contributed by atoms with Gasteiger partial charge in [-0.25, -0.2) is 0 Å². The average Bonchev–Trinajstić information content (AvgIpc) is 2.81. The van der Waals surface area contributed by atoms with Gasteiger partial charge in [0.2, 0.25) is 0 Å². The lowest BCUT2D eigenvalue weighted by molar-refractivity contribution is -0.235. The van der Waals surface area contributed by atoms with Crippen LogP contribution in [0, 0.1) is 51.8 Å². The van der Waals surface area contributed by atoms with E-state index in [0.717, 1.165) is 50.4 Å². The predicted molar refractivity (Wildman–Crippen MR) is 137 cm³/mol. The maximum Gasteiger partial charge on any atom is 0.311 e. The zero-order valence-corrected chi connectivity index (χ0v) is 23.5. The summed E-state index contributed by atoms with van der Waals surface area (Å²) in [5.41, 5.74) is -0.999. The molecule has 0 saturated heterocycles. The Hall–Kier alpha value is -1.06. The molecule has 7 fully saturated rings. The molecule has 4 heteroatoms. The smallest absolute Gasteiger partial charge is 0.311 e. The van der Waals surface area contributed by atoms with Crippen LogP contribution >= 0.6 is 0 Å². The second-order valence-corrected chi connectivity index (χ2v) is 14.7. The molecular weight excluding hydrogens is 436 g/mol. The molecule has 0 spiro atoms. The number of carbonyl (C=O) groups is 2.